The van der Waals surface area contributed by atoms with Crippen LogP contribution in [-0.2, 0) is 9.09 Å². The molecule has 0 N–H and O–H groups in total. The summed E-state index contributed by atoms with van der Waals surface area (Å²) in [5, 5.41) is 0. The van der Waals surface area contributed by atoms with Crippen LogP contribution in [-0.4, -0.2) is 12.3 Å². The fourth-order valence-corrected chi connectivity index (χ4v) is 4.22. The summed E-state index contributed by atoms with van der Waals surface area (Å²) in [5.74, 6) is 1.60. The topological polar surface area (TPSA) is 26.3 Å². The molecule has 0 saturated heterocycles. The van der Waals surface area contributed by atoms with E-state index >= 15 is 0 Å². The van der Waals surface area contributed by atoms with E-state index in [1.165, 1.54) is 25.7 Å². The van der Waals surface area contributed by atoms with Crippen molar-refractivity contribution in [3.63, 3.8) is 0 Å². The molecule has 0 aromatic rings. The summed E-state index contributed by atoms with van der Waals surface area (Å²) in [5.41, 5.74) is 0.402. The number of hydrogen-bond acceptors (Lipinski definition) is 2. The summed E-state index contributed by atoms with van der Waals surface area (Å²) in [7, 11) is -1.35. The van der Waals surface area contributed by atoms with Crippen LogP contribution in [0.2, 0.25) is 0 Å². The van der Waals surface area contributed by atoms with Crippen molar-refractivity contribution >= 4 is 8.03 Å². The monoisotopic (exact) mass is 187 g/mol. The van der Waals surface area contributed by atoms with Crippen LogP contribution in [0.15, 0.2) is 0 Å². The molecule has 2 aliphatic carbocycles. The highest BCUT2D eigenvalue weighted by molar-refractivity contribution is 7.40. The van der Waals surface area contributed by atoms with Crippen LogP contribution >= 0.6 is 8.03 Å². The van der Waals surface area contributed by atoms with Gasteiger partial charge in [-0.25, -0.2) is 0 Å². The van der Waals surface area contributed by atoms with E-state index in [0.717, 1.165) is 11.8 Å². The van der Waals surface area contributed by atoms with Crippen molar-refractivity contribution in [2.45, 2.75) is 38.3 Å². The van der Waals surface area contributed by atoms with E-state index in [4.69, 9.17) is 4.52 Å². The molecular formula is C9H16O2P+. The third-order valence-electron chi connectivity index (χ3n) is 3.23. The second kappa shape index (κ2) is 3.43. The van der Waals surface area contributed by atoms with Crippen LogP contribution in [0.25, 0.3) is 0 Å². The van der Waals surface area contributed by atoms with Gasteiger partial charge >= 0.3 is 8.03 Å². The number of fused-ring (bicyclic) bond motifs is 2. The van der Waals surface area contributed by atoms with Gasteiger partial charge in [-0.05, 0) is 36.7 Å². The van der Waals surface area contributed by atoms with Crippen molar-refractivity contribution in [1.29, 1.82) is 0 Å². The Balaban J connectivity index is 1.93. The van der Waals surface area contributed by atoms with Crippen LogP contribution in [0.1, 0.15) is 32.6 Å². The van der Waals surface area contributed by atoms with E-state index in [1.54, 1.807) is 0 Å². The molecule has 2 saturated carbocycles. The van der Waals surface area contributed by atoms with Gasteiger partial charge in [-0.15, -0.1) is 4.52 Å². The van der Waals surface area contributed by atoms with Crippen LogP contribution in [0.3, 0.4) is 0 Å². The molecule has 0 heterocycles. The third-order valence-corrected chi connectivity index (χ3v) is 4.91. The maximum atomic E-state index is 11.6. The van der Waals surface area contributed by atoms with Gasteiger partial charge in [-0.2, -0.15) is 0 Å². The normalized spacial score (nSPS) is 40.4. The Hall–Kier alpha value is 0.0600. The summed E-state index contributed by atoms with van der Waals surface area (Å²) in [6.45, 7) is 2.52. The van der Waals surface area contributed by atoms with E-state index in [2.05, 4.69) is 0 Å². The molecule has 3 heteroatoms. The molecule has 4 atom stereocenters. The largest absolute Gasteiger partial charge is 0.511 e. The molecule has 2 bridgehead atoms. The zero-order chi connectivity index (χ0) is 8.55. The number of hydrogen-bond donors (Lipinski definition) is 0. The van der Waals surface area contributed by atoms with Gasteiger partial charge in [0.2, 0.25) is 0 Å². The fraction of sp³-hybridized carbons (Fsp3) is 1.00. The van der Waals surface area contributed by atoms with E-state index in [1.807, 2.05) is 6.92 Å². The van der Waals surface area contributed by atoms with Crippen LogP contribution < -0.4 is 0 Å². The Kier molecular flexibility index (Phi) is 2.47. The molecular weight excluding hydrogens is 171 g/mol. The molecule has 2 fully saturated rings. The van der Waals surface area contributed by atoms with Gasteiger partial charge in [-0.3, -0.25) is 0 Å². The summed E-state index contributed by atoms with van der Waals surface area (Å²) in [4.78, 5) is 0. The van der Waals surface area contributed by atoms with E-state index in [9.17, 15) is 4.57 Å². The van der Waals surface area contributed by atoms with Gasteiger partial charge in [0.05, 0.1) is 6.61 Å². The Bertz CT molecular complexity index is 193. The minimum absolute atomic E-state index is 0.402. The molecule has 2 rings (SSSR count). The molecule has 0 spiro atoms. The smallest absolute Gasteiger partial charge is 0.146 e. The lowest BCUT2D eigenvalue weighted by Gasteiger charge is -2.10. The van der Waals surface area contributed by atoms with Gasteiger partial charge in [0.25, 0.3) is 0 Å². The minimum atomic E-state index is -1.35. The lowest BCUT2D eigenvalue weighted by atomic mass is 10.0. The van der Waals surface area contributed by atoms with Gasteiger partial charge in [0.15, 0.2) is 5.66 Å². The van der Waals surface area contributed by atoms with Crippen LogP contribution in [0, 0.1) is 11.8 Å². The Morgan fingerprint density at radius 3 is 2.75 bits per heavy atom. The number of rotatable bonds is 3. The lowest BCUT2D eigenvalue weighted by Crippen LogP contribution is -2.12. The van der Waals surface area contributed by atoms with Crippen molar-refractivity contribution in [2.24, 2.45) is 11.8 Å². The summed E-state index contributed by atoms with van der Waals surface area (Å²) < 4.78 is 16.7. The average Bonchev–Trinajstić information content (AvgIpc) is 2.64. The molecule has 0 aliphatic heterocycles. The Labute approximate surface area is 74.6 Å². The highest BCUT2D eigenvalue weighted by Crippen LogP contribution is 2.54. The molecule has 68 valence electrons. The first-order chi connectivity index (χ1) is 5.81. The molecule has 0 radical (unpaired) electrons. The van der Waals surface area contributed by atoms with Crippen LogP contribution in [0.5, 0.6) is 0 Å². The second-order valence-electron chi connectivity index (χ2n) is 3.95. The fourth-order valence-electron chi connectivity index (χ4n) is 2.69. The summed E-state index contributed by atoms with van der Waals surface area (Å²) in [6, 6.07) is 0. The van der Waals surface area contributed by atoms with E-state index in [0.29, 0.717) is 12.3 Å². The molecule has 12 heavy (non-hydrogen) atoms. The molecule has 2 aliphatic rings. The molecule has 2 nitrogen and oxygen atoms in total. The zero-order valence-electron chi connectivity index (χ0n) is 7.53. The van der Waals surface area contributed by atoms with E-state index < -0.39 is 8.03 Å². The van der Waals surface area contributed by atoms with Crippen molar-refractivity contribution in [2.75, 3.05) is 6.61 Å². The van der Waals surface area contributed by atoms with Crippen molar-refractivity contribution in [1.82, 2.24) is 0 Å². The highest BCUT2D eigenvalue weighted by Gasteiger charge is 2.50. The van der Waals surface area contributed by atoms with Crippen molar-refractivity contribution < 1.29 is 9.09 Å². The highest BCUT2D eigenvalue weighted by atomic mass is 31.1. The quantitative estimate of drug-likeness (QED) is 0.635. The Morgan fingerprint density at radius 2 is 2.25 bits per heavy atom. The maximum absolute atomic E-state index is 11.6. The van der Waals surface area contributed by atoms with Gasteiger partial charge in [0.1, 0.15) is 0 Å². The maximum Gasteiger partial charge on any atom is 0.511 e. The first-order valence-electron chi connectivity index (χ1n) is 4.90. The van der Waals surface area contributed by atoms with Gasteiger partial charge in [-0.1, -0.05) is 0 Å². The SMILES string of the molecule is CCO[P+](=O)C1CC2CCC1C2. The van der Waals surface area contributed by atoms with Crippen molar-refractivity contribution in [3.8, 4) is 0 Å². The molecule has 0 aromatic carbocycles. The van der Waals surface area contributed by atoms with E-state index in [-0.39, 0.29) is 0 Å². The summed E-state index contributed by atoms with van der Waals surface area (Å²) in [6.07, 6.45) is 5.15. The van der Waals surface area contributed by atoms with Crippen LogP contribution in [0.4, 0.5) is 0 Å². The average molecular weight is 187 g/mol. The molecule has 0 amide bonds. The minimum Gasteiger partial charge on any atom is -0.146 e. The second-order valence-corrected chi connectivity index (χ2v) is 5.44. The Morgan fingerprint density at radius 1 is 1.42 bits per heavy atom. The molecule has 4 unspecified atom stereocenters. The van der Waals surface area contributed by atoms with Gasteiger partial charge in [0, 0.05) is 12.3 Å². The first kappa shape index (κ1) is 8.65. The first-order valence-corrected chi connectivity index (χ1v) is 6.15. The van der Waals surface area contributed by atoms with Crippen molar-refractivity contribution in [3.05, 3.63) is 0 Å². The molecule has 0 aromatic heterocycles. The zero-order valence-corrected chi connectivity index (χ0v) is 8.43. The van der Waals surface area contributed by atoms with Gasteiger partial charge < -0.3 is 0 Å². The third kappa shape index (κ3) is 1.43. The standard InChI is InChI=1S/C9H16O2P/c1-2-11-12(10)9-6-7-3-4-8(9)5-7/h7-9H,2-6H2,1H3/q+1. The lowest BCUT2D eigenvalue weighted by molar-refractivity contribution is 0.329. The predicted octanol–water partition coefficient (Wildman–Crippen LogP) is 2.95. The predicted molar refractivity (Wildman–Crippen MR) is 48.5 cm³/mol. The summed E-state index contributed by atoms with van der Waals surface area (Å²) >= 11 is 0.